The summed E-state index contributed by atoms with van der Waals surface area (Å²) in [6.07, 6.45) is 2.36. The van der Waals surface area contributed by atoms with Gasteiger partial charge in [0.25, 0.3) is 5.91 Å². The Labute approximate surface area is 124 Å². The van der Waals surface area contributed by atoms with Crippen molar-refractivity contribution in [1.29, 1.82) is 0 Å². The number of nitrogens with zero attached hydrogens (tertiary/aromatic N) is 1. The Balaban J connectivity index is 1.69. The number of amides is 2. The number of thioether (sulfide) groups is 1. The minimum absolute atomic E-state index is 0.0547. The van der Waals surface area contributed by atoms with Gasteiger partial charge in [-0.25, -0.2) is 0 Å². The summed E-state index contributed by atoms with van der Waals surface area (Å²) in [5.74, 6) is 0.458. The zero-order chi connectivity index (χ0) is 14.5. The highest BCUT2D eigenvalue weighted by molar-refractivity contribution is 8.04. The molecule has 0 saturated carbocycles. The third kappa shape index (κ3) is 3.99. The Morgan fingerprint density at radius 3 is 2.70 bits per heavy atom. The van der Waals surface area contributed by atoms with E-state index in [-0.39, 0.29) is 11.8 Å². The van der Waals surface area contributed by atoms with Gasteiger partial charge in [0.15, 0.2) is 0 Å². The first-order chi connectivity index (χ1) is 9.58. The fraction of sp³-hybridized carbons (Fsp3) is 0.714. The Morgan fingerprint density at radius 2 is 2.10 bits per heavy atom. The number of carbonyl (C=O) groups is 2. The number of morpholine rings is 1. The molecule has 2 rings (SSSR count). The topological polar surface area (TPSA) is 58.6 Å². The van der Waals surface area contributed by atoms with Crippen LogP contribution in [0.2, 0.25) is 0 Å². The van der Waals surface area contributed by atoms with Crippen LogP contribution in [0.5, 0.6) is 0 Å². The van der Waals surface area contributed by atoms with E-state index < -0.39 is 0 Å². The molecule has 0 aromatic carbocycles. The number of ether oxygens (including phenoxy) is 1. The van der Waals surface area contributed by atoms with Gasteiger partial charge in [0.2, 0.25) is 5.91 Å². The monoisotopic (exact) mass is 298 g/mol. The first-order valence-electron chi connectivity index (χ1n) is 7.10. The van der Waals surface area contributed by atoms with Gasteiger partial charge in [-0.1, -0.05) is 19.9 Å². The van der Waals surface area contributed by atoms with E-state index in [1.165, 1.54) is 0 Å². The molecule has 0 aromatic heterocycles. The molecule has 20 heavy (non-hydrogen) atoms. The summed E-state index contributed by atoms with van der Waals surface area (Å²) in [6, 6.07) is 0. The molecule has 6 heteroatoms. The number of rotatable bonds is 4. The Kier molecular flexibility index (Phi) is 5.48. The summed E-state index contributed by atoms with van der Waals surface area (Å²) in [4.78, 5) is 26.4. The molecule has 2 aliphatic heterocycles. The van der Waals surface area contributed by atoms with E-state index in [2.05, 4.69) is 19.2 Å². The molecule has 112 valence electrons. The Hall–Kier alpha value is -1.01. The lowest BCUT2D eigenvalue weighted by Gasteiger charge is -2.26. The highest BCUT2D eigenvalue weighted by Gasteiger charge is 2.25. The van der Waals surface area contributed by atoms with Gasteiger partial charge in [-0.05, 0) is 5.92 Å². The van der Waals surface area contributed by atoms with E-state index in [0.717, 1.165) is 4.91 Å². The lowest BCUT2D eigenvalue weighted by atomic mass is 10.1. The normalized spacial score (nSPS) is 26.3. The van der Waals surface area contributed by atoms with Crippen LogP contribution in [0.25, 0.3) is 0 Å². The molecule has 1 fully saturated rings. The minimum Gasteiger partial charge on any atom is -0.378 e. The molecule has 2 unspecified atom stereocenters. The van der Waals surface area contributed by atoms with Crippen LogP contribution in [0.1, 0.15) is 20.3 Å². The highest BCUT2D eigenvalue weighted by atomic mass is 32.2. The van der Waals surface area contributed by atoms with Gasteiger partial charge in [0.05, 0.1) is 18.1 Å². The predicted molar refractivity (Wildman–Crippen MR) is 79.3 cm³/mol. The van der Waals surface area contributed by atoms with Crippen LogP contribution in [0.3, 0.4) is 0 Å². The third-order valence-corrected chi connectivity index (χ3v) is 5.06. The number of carbonyl (C=O) groups excluding carboxylic acids is 2. The molecule has 0 aliphatic carbocycles. The van der Waals surface area contributed by atoms with Gasteiger partial charge in [-0.2, -0.15) is 0 Å². The first kappa shape index (κ1) is 15.4. The summed E-state index contributed by atoms with van der Waals surface area (Å²) in [7, 11) is 0. The van der Waals surface area contributed by atoms with Gasteiger partial charge in [-0.15, -0.1) is 11.8 Å². The maximum Gasteiger partial charge on any atom is 0.257 e. The van der Waals surface area contributed by atoms with Crippen molar-refractivity contribution >= 4 is 23.6 Å². The average Bonchev–Trinajstić information content (AvgIpc) is 2.79. The van der Waals surface area contributed by atoms with Crippen LogP contribution >= 0.6 is 11.8 Å². The minimum atomic E-state index is -0.0547. The van der Waals surface area contributed by atoms with Gasteiger partial charge in [0.1, 0.15) is 0 Å². The van der Waals surface area contributed by atoms with Crippen molar-refractivity contribution in [2.75, 3.05) is 32.8 Å². The molecule has 1 saturated heterocycles. The molecule has 0 radical (unpaired) electrons. The van der Waals surface area contributed by atoms with E-state index in [1.54, 1.807) is 16.7 Å². The molecule has 5 nitrogen and oxygen atoms in total. The van der Waals surface area contributed by atoms with E-state index in [1.807, 2.05) is 6.08 Å². The van der Waals surface area contributed by atoms with Gasteiger partial charge < -0.3 is 15.0 Å². The molecule has 2 amide bonds. The van der Waals surface area contributed by atoms with E-state index in [0.29, 0.717) is 50.4 Å². The zero-order valence-corrected chi connectivity index (χ0v) is 12.9. The van der Waals surface area contributed by atoms with Gasteiger partial charge in [-0.3, -0.25) is 9.59 Å². The lowest BCUT2D eigenvalue weighted by molar-refractivity contribution is -0.135. The van der Waals surface area contributed by atoms with Gasteiger partial charge in [0, 0.05) is 31.3 Å². The molecule has 0 spiro atoms. The predicted octanol–water partition coefficient (Wildman–Crippen LogP) is 1.01. The van der Waals surface area contributed by atoms with Crippen LogP contribution in [-0.4, -0.2) is 54.8 Å². The van der Waals surface area contributed by atoms with Crippen molar-refractivity contribution in [2.45, 2.75) is 25.5 Å². The van der Waals surface area contributed by atoms with E-state index >= 15 is 0 Å². The van der Waals surface area contributed by atoms with Crippen molar-refractivity contribution in [3.63, 3.8) is 0 Å². The molecular formula is C14H22N2O3S. The number of nitrogens with one attached hydrogen (secondary N) is 1. The smallest absolute Gasteiger partial charge is 0.257 e. The fourth-order valence-corrected chi connectivity index (χ4v) is 3.36. The number of hydrogen-bond donors (Lipinski definition) is 1. The van der Waals surface area contributed by atoms with Crippen molar-refractivity contribution < 1.29 is 14.3 Å². The molecular weight excluding hydrogens is 276 g/mol. The molecule has 2 aliphatic rings. The number of allylic oxidation sites excluding steroid dienone is 1. The second-order valence-corrected chi connectivity index (χ2v) is 6.63. The summed E-state index contributed by atoms with van der Waals surface area (Å²) in [5.41, 5.74) is 0. The zero-order valence-electron chi connectivity index (χ0n) is 12.1. The average molecular weight is 298 g/mol. The summed E-state index contributed by atoms with van der Waals surface area (Å²) < 4.78 is 5.21. The van der Waals surface area contributed by atoms with Crippen molar-refractivity contribution in [3.05, 3.63) is 11.0 Å². The Morgan fingerprint density at radius 1 is 1.40 bits per heavy atom. The second kappa shape index (κ2) is 7.13. The van der Waals surface area contributed by atoms with Crippen LogP contribution in [0.15, 0.2) is 11.0 Å². The number of hydrogen-bond acceptors (Lipinski definition) is 4. The van der Waals surface area contributed by atoms with Gasteiger partial charge >= 0.3 is 0 Å². The molecule has 0 aromatic rings. The third-order valence-electron chi connectivity index (χ3n) is 3.68. The summed E-state index contributed by atoms with van der Waals surface area (Å²) in [6.45, 7) is 7.16. The maximum atomic E-state index is 11.9. The molecule has 0 bridgehead atoms. The molecule has 2 heterocycles. The Bertz CT molecular complexity index is 405. The standard InChI is InChI=1S/C14H22N2O3S/c1-10-9-12(20-11(10)2)14(18)15-4-3-13(17)16-5-7-19-8-6-16/h9-11H,3-8H2,1-2H3,(H,15,18). The quantitative estimate of drug-likeness (QED) is 0.841. The van der Waals surface area contributed by atoms with Crippen LogP contribution in [-0.2, 0) is 14.3 Å². The largest absolute Gasteiger partial charge is 0.378 e. The highest BCUT2D eigenvalue weighted by Crippen LogP contribution is 2.35. The summed E-state index contributed by atoms with van der Waals surface area (Å²) >= 11 is 1.61. The van der Waals surface area contributed by atoms with E-state index in [4.69, 9.17) is 4.74 Å². The van der Waals surface area contributed by atoms with Crippen molar-refractivity contribution in [1.82, 2.24) is 10.2 Å². The second-order valence-electron chi connectivity index (χ2n) is 5.21. The maximum absolute atomic E-state index is 11.9. The first-order valence-corrected chi connectivity index (χ1v) is 7.98. The molecule has 1 N–H and O–H groups in total. The molecule has 2 atom stereocenters. The van der Waals surface area contributed by atoms with E-state index in [9.17, 15) is 9.59 Å². The van der Waals surface area contributed by atoms with Crippen LogP contribution in [0, 0.1) is 5.92 Å². The van der Waals surface area contributed by atoms with Crippen LogP contribution < -0.4 is 5.32 Å². The fourth-order valence-electron chi connectivity index (χ4n) is 2.19. The van der Waals surface area contributed by atoms with Crippen LogP contribution in [0.4, 0.5) is 0 Å². The summed E-state index contributed by atoms with van der Waals surface area (Å²) in [5, 5.41) is 3.28. The van der Waals surface area contributed by atoms with Crippen molar-refractivity contribution in [2.24, 2.45) is 5.92 Å². The SMILES string of the molecule is CC1C=C(C(=O)NCCC(=O)N2CCOCC2)SC1C. The van der Waals surface area contributed by atoms with Crippen molar-refractivity contribution in [3.8, 4) is 0 Å². The lowest BCUT2D eigenvalue weighted by Crippen LogP contribution is -2.42.